The number of oxazole rings is 1. The molecule has 0 unspecified atom stereocenters. The Kier molecular flexibility index (Phi) is 9.28. The molecule has 1 atom stereocenters. The summed E-state index contributed by atoms with van der Waals surface area (Å²) in [5.41, 5.74) is 1.69. The summed E-state index contributed by atoms with van der Waals surface area (Å²) in [6.07, 6.45) is 4.14. The van der Waals surface area contributed by atoms with Gasteiger partial charge in [0, 0.05) is 12.0 Å². The number of nitrogens with one attached hydrogen (secondary N) is 1. The number of hydrogen-bond donors (Lipinski definition) is 0. The Morgan fingerprint density at radius 3 is 2.52 bits per heavy atom. The molecular formula is C27H24Cl2F2N2O7. The fraction of sp³-hybridized carbons (Fsp3) is 0.296. The van der Waals surface area contributed by atoms with E-state index in [-0.39, 0.29) is 23.4 Å². The van der Waals surface area contributed by atoms with Crippen molar-refractivity contribution in [1.29, 1.82) is 0 Å². The first-order valence-corrected chi connectivity index (χ1v) is 12.9. The average molecular weight is 597 g/mol. The highest BCUT2D eigenvalue weighted by atomic mass is 35.5. The molecule has 2 heterocycles. The van der Waals surface area contributed by atoms with Crippen molar-refractivity contribution in [3.05, 3.63) is 86.6 Å². The molecule has 0 spiro atoms. The van der Waals surface area contributed by atoms with Gasteiger partial charge in [-0.25, -0.2) is 9.78 Å². The summed E-state index contributed by atoms with van der Waals surface area (Å²) in [7, 11) is 0. The number of ether oxygens (including phenoxy) is 3. The summed E-state index contributed by atoms with van der Waals surface area (Å²) in [5.74, 6) is -1.14. The fourth-order valence-corrected chi connectivity index (χ4v) is 4.63. The maximum Gasteiger partial charge on any atom is 0.420 e. The maximum atomic E-state index is 13.1. The largest absolute Gasteiger partial charge is 0.870 e. The van der Waals surface area contributed by atoms with Crippen LogP contribution in [0.15, 0.2) is 64.1 Å². The average Bonchev–Trinajstić information content (AvgIpc) is 3.68. The van der Waals surface area contributed by atoms with Gasteiger partial charge in [-0.3, -0.25) is 9.36 Å². The number of H-pyrrole nitrogens is 1. The van der Waals surface area contributed by atoms with Gasteiger partial charge in [0.15, 0.2) is 29.5 Å². The predicted molar refractivity (Wildman–Crippen MR) is 139 cm³/mol. The summed E-state index contributed by atoms with van der Waals surface area (Å²) in [5, 5.41) is 0.618. The Labute approximate surface area is 236 Å². The van der Waals surface area contributed by atoms with Gasteiger partial charge in [0.2, 0.25) is 0 Å². The van der Waals surface area contributed by atoms with Crippen LogP contribution >= 0.6 is 23.2 Å². The van der Waals surface area contributed by atoms with Crippen LogP contribution in [-0.2, 0) is 22.5 Å². The number of pyridine rings is 1. The van der Waals surface area contributed by atoms with Gasteiger partial charge >= 0.3 is 18.3 Å². The summed E-state index contributed by atoms with van der Waals surface area (Å²) in [6.45, 7) is -3.13. The lowest BCUT2D eigenvalue weighted by Crippen LogP contribution is -2.24. The van der Waals surface area contributed by atoms with E-state index in [4.69, 9.17) is 37.1 Å². The van der Waals surface area contributed by atoms with Gasteiger partial charge in [0.05, 0.1) is 12.1 Å². The molecule has 0 bridgehead atoms. The first-order chi connectivity index (χ1) is 18.8. The molecule has 212 valence electrons. The van der Waals surface area contributed by atoms with Crippen LogP contribution in [0.1, 0.15) is 30.1 Å². The van der Waals surface area contributed by atoms with Gasteiger partial charge in [0.1, 0.15) is 22.7 Å². The van der Waals surface area contributed by atoms with Crippen LogP contribution in [-0.4, -0.2) is 29.2 Å². The van der Waals surface area contributed by atoms with Gasteiger partial charge in [-0.05, 0) is 48.6 Å². The van der Waals surface area contributed by atoms with Gasteiger partial charge in [0.25, 0.3) is 0 Å². The second-order valence-electron chi connectivity index (χ2n) is 9.07. The summed E-state index contributed by atoms with van der Waals surface area (Å²) in [6, 6.07) is 11.0. The van der Waals surface area contributed by atoms with Crippen molar-refractivity contribution < 1.29 is 42.7 Å². The van der Waals surface area contributed by atoms with Gasteiger partial charge in [-0.2, -0.15) is 8.78 Å². The molecule has 0 aliphatic heterocycles. The number of halogens is 4. The molecule has 2 aromatic carbocycles. The third-order valence-electron chi connectivity index (χ3n) is 6.25. The highest BCUT2D eigenvalue weighted by Crippen LogP contribution is 2.37. The molecule has 40 heavy (non-hydrogen) atoms. The molecule has 0 saturated heterocycles. The van der Waals surface area contributed by atoms with Crippen LogP contribution in [0, 0.1) is 5.92 Å². The quantitative estimate of drug-likeness (QED) is 0.211. The first-order valence-electron chi connectivity index (χ1n) is 12.1. The molecule has 0 radical (unpaired) electrons. The molecule has 2 aromatic heterocycles. The second-order valence-corrected chi connectivity index (χ2v) is 9.89. The molecule has 1 aliphatic carbocycles. The monoisotopic (exact) mass is 596 g/mol. The number of alkyl halides is 2. The molecule has 5 rings (SSSR count). The number of carbonyl (C=O) groups excluding carboxylic acids is 1. The van der Waals surface area contributed by atoms with E-state index >= 15 is 0 Å². The number of esters is 1. The van der Waals surface area contributed by atoms with Crippen molar-refractivity contribution in [2.75, 3.05) is 6.61 Å². The number of fused-ring (bicyclic) bond motifs is 1. The smallest absolute Gasteiger partial charge is 0.420 e. The van der Waals surface area contributed by atoms with E-state index in [9.17, 15) is 18.4 Å². The Balaban J connectivity index is 0.00000370. The highest BCUT2D eigenvalue weighted by Gasteiger charge is 2.26. The first kappa shape index (κ1) is 29.3. The number of aromatic nitrogens is 2. The molecular weight excluding hydrogens is 573 g/mol. The standard InChI is InChI=1S/C27H22Cl2F2N2O6.H2O/c28-18-11-32-12-19(29)17(18)10-23(37-25(34)13-33-20-3-1-2-4-21(20)39-27(33)35)16-7-8-22(38-26(30)31)24(9-16)36-14-15-5-6-15;/h1-4,7-9,11-12,15,23,26H,5-6,10,13-14H2;1H2/t23-;/m0./s1. The third-order valence-corrected chi connectivity index (χ3v) is 6.92. The lowest BCUT2D eigenvalue weighted by Gasteiger charge is -2.21. The lowest BCUT2D eigenvalue weighted by molar-refractivity contribution is -0.377. The zero-order valence-electron chi connectivity index (χ0n) is 20.8. The highest BCUT2D eigenvalue weighted by molar-refractivity contribution is 6.35. The van der Waals surface area contributed by atoms with E-state index in [0.717, 1.165) is 17.4 Å². The number of benzene rings is 2. The molecule has 1 fully saturated rings. The van der Waals surface area contributed by atoms with Crippen molar-refractivity contribution in [3.63, 3.8) is 0 Å². The van der Waals surface area contributed by atoms with Crippen LogP contribution in [0.25, 0.3) is 11.1 Å². The number of hydrogen-bond acceptors (Lipinski definition) is 7. The lowest BCUT2D eigenvalue weighted by atomic mass is 10.0. The van der Waals surface area contributed by atoms with E-state index < -0.39 is 31.0 Å². The van der Waals surface area contributed by atoms with E-state index in [1.807, 2.05) is 0 Å². The molecule has 4 aromatic rings. The molecule has 2 N–H and O–H groups in total. The van der Waals surface area contributed by atoms with Crippen LogP contribution in [0.2, 0.25) is 10.0 Å². The van der Waals surface area contributed by atoms with E-state index in [1.165, 1.54) is 30.6 Å². The minimum atomic E-state index is -3.05. The van der Waals surface area contributed by atoms with E-state index in [2.05, 4.69) is 9.72 Å². The molecule has 13 heteroatoms. The Morgan fingerprint density at radius 2 is 1.82 bits per heavy atom. The van der Waals surface area contributed by atoms with Gasteiger partial charge in [-0.1, -0.05) is 41.4 Å². The van der Waals surface area contributed by atoms with Gasteiger partial charge in [-0.15, -0.1) is 0 Å². The predicted octanol–water partition coefficient (Wildman–Crippen LogP) is 5.46. The van der Waals surface area contributed by atoms with E-state index in [1.54, 1.807) is 24.3 Å². The number of rotatable bonds is 11. The van der Waals surface area contributed by atoms with Crippen LogP contribution in [0.4, 0.5) is 8.78 Å². The van der Waals surface area contributed by atoms with Crippen LogP contribution in [0.5, 0.6) is 11.5 Å². The van der Waals surface area contributed by atoms with Crippen molar-refractivity contribution >= 4 is 40.3 Å². The number of nitrogens with zero attached hydrogens (tertiary/aromatic N) is 1. The Bertz CT molecular complexity index is 1540. The second kappa shape index (κ2) is 12.7. The van der Waals surface area contributed by atoms with Crippen LogP contribution < -0.4 is 20.2 Å². The number of aromatic amines is 1. The molecule has 0 amide bonds. The van der Waals surface area contributed by atoms with Crippen molar-refractivity contribution in [2.45, 2.75) is 38.5 Å². The SMILES string of the molecule is O=C(Cn1c(=O)oc2ccccc21)O[C@@H](Cc1c(Cl)c[nH+]cc1Cl)c1ccc(OC(F)F)c(OCC2CC2)c1.[OH-]. The zero-order valence-corrected chi connectivity index (χ0v) is 22.3. The number of para-hydroxylation sites is 2. The van der Waals surface area contributed by atoms with Gasteiger partial charge < -0.3 is 24.1 Å². The molecule has 1 saturated carbocycles. The topological polar surface area (TPSA) is 124 Å². The Morgan fingerprint density at radius 1 is 1.10 bits per heavy atom. The van der Waals surface area contributed by atoms with Crippen molar-refractivity contribution in [2.24, 2.45) is 5.92 Å². The molecule has 1 aliphatic rings. The zero-order chi connectivity index (χ0) is 27.5. The fourth-order valence-electron chi connectivity index (χ4n) is 4.10. The van der Waals surface area contributed by atoms with Crippen molar-refractivity contribution in [3.8, 4) is 11.5 Å². The van der Waals surface area contributed by atoms with E-state index in [0.29, 0.717) is 44.8 Å². The van der Waals surface area contributed by atoms with Crippen molar-refractivity contribution in [1.82, 2.24) is 4.57 Å². The third kappa shape index (κ3) is 6.90. The molecule has 9 nitrogen and oxygen atoms in total. The maximum absolute atomic E-state index is 13.1. The normalized spacial score (nSPS) is 13.6. The summed E-state index contributed by atoms with van der Waals surface area (Å²) in [4.78, 5) is 28.3. The Hall–Kier alpha value is -3.67. The summed E-state index contributed by atoms with van der Waals surface area (Å²) < 4.78 is 48.7. The van der Waals surface area contributed by atoms with Crippen LogP contribution in [0.3, 0.4) is 0 Å². The summed E-state index contributed by atoms with van der Waals surface area (Å²) >= 11 is 12.7. The number of carbonyl (C=O) groups is 1. The minimum Gasteiger partial charge on any atom is -0.870 e. The minimum absolute atomic E-state index is 0.